The normalized spacial score (nSPS) is 10.5. The van der Waals surface area contributed by atoms with Crippen LogP contribution in [0.1, 0.15) is 15.5 Å². The molecule has 0 aliphatic rings. The first-order chi connectivity index (χ1) is 5.77. The van der Waals surface area contributed by atoms with Crippen LogP contribution in [0.25, 0.3) is 6.08 Å². The van der Waals surface area contributed by atoms with Crippen LogP contribution in [0, 0.1) is 0 Å². The quantitative estimate of drug-likeness (QED) is 0.754. The van der Waals surface area contributed by atoms with Gasteiger partial charge in [0.2, 0.25) is 0 Å². The van der Waals surface area contributed by atoms with Crippen LogP contribution < -0.4 is 0 Å². The number of rotatable bonds is 2. The van der Waals surface area contributed by atoms with E-state index in [0.29, 0.717) is 5.69 Å². The van der Waals surface area contributed by atoms with Crippen LogP contribution in [-0.4, -0.2) is 18.1 Å². The first kappa shape index (κ1) is 9.41. The molecule has 64 valence electrons. The zero-order valence-electron chi connectivity index (χ0n) is 6.28. The maximum atomic E-state index is 10.9. The highest BCUT2D eigenvalue weighted by Crippen LogP contribution is 2.12. The van der Waals surface area contributed by atoms with Crippen LogP contribution in [0.5, 0.6) is 0 Å². The number of hydrogen-bond donors (Lipinski definition) is 0. The fraction of sp³-hybridized carbons (Fsp3) is 0.143. The van der Waals surface area contributed by atoms with Crippen molar-refractivity contribution >= 4 is 39.3 Å². The second kappa shape index (κ2) is 4.37. The second-order valence-electron chi connectivity index (χ2n) is 1.86. The second-order valence-corrected chi connectivity index (χ2v) is 3.27. The van der Waals surface area contributed by atoms with Crippen molar-refractivity contribution in [3.05, 3.63) is 21.1 Å². The van der Waals surface area contributed by atoms with Crippen LogP contribution in [0.2, 0.25) is 0 Å². The lowest BCUT2D eigenvalue weighted by molar-refractivity contribution is 0.0595. The molecule has 0 fully saturated rings. The number of carbonyl (C=O) groups excluding carboxylic acids is 1. The van der Waals surface area contributed by atoms with Gasteiger partial charge in [-0.15, -0.1) is 11.3 Å². The van der Waals surface area contributed by atoms with Crippen LogP contribution in [0.3, 0.4) is 0 Å². The van der Waals surface area contributed by atoms with Crippen molar-refractivity contribution in [1.82, 2.24) is 4.98 Å². The molecular weight excluding hydrogens is 242 g/mol. The molecular formula is C7H6BrNO2S. The van der Waals surface area contributed by atoms with Crippen molar-refractivity contribution in [3.8, 4) is 0 Å². The molecule has 1 aromatic rings. The molecule has 5 heteroatoms. The first-order valence-corrected chi connectivity index (χ1v) is 4.88. The molecule has 1 aromatic heterocycles. The van der Waals surface area contributed by atoms with Crippen molar-refractivity contribution in [2.24, 2.45) is 0 Å². The maximum absolute atomic E-state index is 10.9. The number of aromatic nitrogens is 1. The molecule has 0 unspecified atom stereocenters. The summed E-state index contributed by atoms with van der Waals surface area (Å²) < 4.78 is 4.50. The molecule has 0 amide bonds. The van der Waals surface area contributed by atoms with Gasteiger partial charge in [-0.1, -0.05) is 15.9 Å². The highest BCUT2D eigenvalue weighted by atomic mass is 79.9. The van der Waals surface area contributed by atoms with Gasteiger partial charge in [-0.3, -0.25) is 0 Å². The molecule has 0 spiro atoms. The number of nitrogens with zero attached hydrogens (tertiary/aromatic N) is 1. The van der Waals surface area contributed by atoms with Crippen LogP contribution >= 0.6 is 27.3 Å². The van der Waals surface area contributed by atoms with E-state index in [1.54, 1.807) is 16.4 Å². The Balaban J connectivity index is 2.84. The molecule has 0 radical (unpaired) electrons. The van der Waals surface area contributed by atoms with Gasteiger partial charge in [0.1, 0.15) is 5.01 Å². The monoisotopic (exact) mass is 247 g/mol. The van der Waals surface area contributed by atoms with E-state index in [9.17, 15) is 4.79 Å². The summed E-state index contributed by atoms with van der Waals surface area (Å²) in [7, 11) is 1.34. The van der Waals surface area contributed by atoms with E-state index in [2.05, 4.69) is 25.7 Å². The summed E-state index contributed by atoms with van der Waals surface area (Å²) in [5, 5.41) is 2.43. The van der Waals surface area contributed by atoms with E-state index in [1.165, 1.54) is 18.4 Å². The van der Waals surface area contributed by atoms with E-state index in [-0.39, 0.29) is 0 Å². The van der Waals surface area contributed by atoms with E-state index in [4.69, 9.17) is 0 Å². The molecule has 12 heavy (non-hydrogen) atoms. The average molecular weight is 248 g/mol. The topological polar surface area (TPSA) is 39.2 Å². The Morgan fingerprint density at radius 3 is 3.17 bits per heavy atom. The van der Waals surface area contributed by atoms with Gasteiger partial charge in [-0.25, -0.2) is 9.78 Å². The molecule has 0 saturated heterocycles. The fourth-order valence-corrected chi connectivity index (χ4v) is 1.72. The molecule has 1 heterocycles. The Morgan fingerprint density at radius 2 is 2.58 bits per heavy atom. The molecule has 0 atom stereocenters. The lowest BCUT2D eigenvalue weighted by Gasteiger charge is -1.90. The van der Waals surface area contributed by atoms with E-state index >= 15 is 0 Å². The van der Waals surface area contributed by atoms with Gasteiger partial charge in [0.05, 0.1) is 7.11 Å². The molecule has 0 aliphatic carbocycles. The smallest absolute Gasteiger partial charge is 0.357 e. The number of esters is 1. The predicted molar refractivity (Wildman–Crippen MR) is 51.4 cm³/mol. The summed E-state index contributed by atoms with van der Waals surface area (Å²) >= 11 is 4.51. The minimum Gasteiger partial charge on any atom is -0.464 e. The Bertz CT molecular complexity index is 308. The third kappa shape index (κ3) is 2.15. The number of thiazole rings is 1. The van der Waals surface area contributed by atoms with Gasteiger partial charge < -0.3 is 4.74 Å². The molecule has 1 rings (SSSR count). The molecule has 3 nitrogen and oxygen atoms in total. The first-order valence-electron chi connectivity index (χ1n) is 3.08. The summed E-state index contributed by atoms with van der Waals surface area (Å²) in [5.41, 5.74) is 0.350. The summed E-state index contributed by atoms with van der Waals surface area (Å²) in [6.07, 6.45) is 1.76. The number of hydrogen-bond acceptors (Lipinski definition) is 4. The summed E-state index contributed by atoms with van der Waals surface area (Å²) in [6.45, 7) is 0. The average Bonchev–Trinajstić information content (AvgIpc) is 2.52. The highest BCUT2D eigenvalue weighted by molar-refractivity contribution is 9.11. The SMILES string of the molecule is COC(=O)c1csc(/C=C/Br)n1. The zero-order chi connectivity index (χ0) is 8.97. The van der Waals surface area contributed by atoms with E-state index in [1.807, 2.05) is 0 Å². The van der Waals surface area contributed by atoms with Crippen molar-refractivity contribution < 1.29 is 9.53 Å². The van der Waals surface area contributed by atoms with E-state index < -0.39 is 5.97 Å². The van der Waals surface area contributed by atoms with Gasteiger partial charge in [0.15, 0.2) is 5.69 Å². The van der Waals surface area contributed by atoms with Gasteiger partial charge in [-0.2, -0.15) is 0 Å². The summed E-state index contributed by atoms with van der Waals surface area (Å²) in [4.78, 5) is 16.6. The number of carbonyl (C=O) groups is 1. The summed E-state index contributed by atoms with van der Waals surface area (Å²) in [5.74, 6) is -0.402. The molecule has 0 N–H and O–H groups in total. The number of halogens is 1. The maximum Gasteiger partial charge on any atom is 0.357 e. The third-order valence-corrected chi connectivity index (χ3v) is 2.20. The lowest BCUT2D eigenvalue weighted by Crippen LogP contribution is -2.00. The summed E-state index contributed by atoms with van der Waals surface area (Å²) in [6, 6.07) is 0. The fourth-order valence-electron chi connectivity index (χ4n) is 0.616. The standard InChI is InChI=1S/C7H6BrNO2S/c1-11-7(10)5-4-12-6(9-5)2-3-8/h2-4H,1H3/b3-2+. The predicted octanol–water partition coefficient (Wildman–Crippen LogP) is 2.30. The minimum atomic E-state index is -0.402. The van der Waals surface area contributed by atoms with Crippen LogP contribution in [0.15, 0.2) is 10.4 Å². The van der Waals surface area contributed by atoms with Gasteiger partial charge in [0, 0.05) is 5.38 Å². The lowest BCUT2D eigenvalue weighted by atomic mass is 10.5. The van der Waals surface area contributed by atoms with Crippen LogP contribution in [0.4, 0.5) is 0 Å². The largest absolute Gasteiger partial charge is 0.464 e. The van der Waals surface area contributed by atoms with Crippen LogP contribution in [-0.2, 0) is 4.74 Å². The molecule has 0 saturated carbocycles. The van der Waals surface area contributed by atoms with Crippen molar-refractivity contribution in [2.75, 3.05) is 7.11 Å². The Labute approximate surface area is 82.2 Å². The molecule has 0 aliphatic heterocycles. The Kier molecular flexibility index (Phi) is 3.43. The molecule has 0 bridgehead atoms. The van der Waals surface area contributed by atoms with Crippen molar-refractivity contribution in [1.29, 1.82) is 0 Å². The minimum absolute atomic E-state index is 0.350. The zero-order valence-corrected chi connectivity index (χ0v) is 8.68. The number of ether oxygens (including phenoxy) is 1. The third-order valence-electron chi connectivity index (χ3n) is 1.12. The highest BCUT2D eigenvalue weighted by Gasteiger charge is 2.08. The van der Waals surface area contributed by atoms with Gasteiger partial charge >= 0.3 is 5.97 Å². The van der Waals surface area contributed by atoms with E-state index in [0.717, 1.165) is 5.01 Å². The Hall–Kier alpha value is -0.680. The number of methoxy groups -OCH3 is 1. The van der Waals surface area contributed by atoms with Crippen molar-refractivity contribution in [2.45, 2.75) is 0 Å². The Morgan fingerprint density at radius 1 is 1.83 bits per heavy atom. The van der Waals surface area contributed by atoms with Crippen molar-refractivity contribution in [3.63, 3.8) is 0 Å². The van der Waals surface area contributed by atoms with Gasteiger partial charge in [-0.05, 0) is 11.1 Å². The molecule has 0 aromatic carbocycles. The van der Waals surface area contributed by atoms with Gasteiger partial charge in [0.25, 0.3) is 0 Å².